The third-order valence-electron chi connectivity index (χ3n) is 5.00. The van der Waals surface area contributed by atoms with E-state index in [0.29, 0.717) is 4.90 Å². The van der Waals surface area contributed by atoms with Crippen molar-refractivity contribution in [3.05, 3.63) is 52.2 Å². The maximum absolute atomic E-state index is 13.1. The van der Waals surface area contributed by atoms with Gasteiger partial charge in [-0.3, -0.25) is 5.32 Å². The quantitative estimate of drug-likeness (QED) is 0.847. The van der Waals surface area contributed by atoms with Gasteiger partial charge in [0.05, 0.1) is 16.7 Å². The molecule has 0 amide bonds. The monoisotopic (exact) mass is 363 g/mol. The van der Waals surface area contributed by atoms with Gasteiger partial charge in [-0.2, -0.15) is 0 Å². The van der Waals surface area contributed by atoms with Crippen LogP contribution in [0.5, 0.6) is 0 Å². The number of unbranched alkanes of at least 4 members (excludes halogenated alkanes) is 1. The lowest BCUT2D eigenvalue weighted by Crippen LogP contribution is -2.50. The zero-order chi connectivity index (χ0) is 17.2. The minimum Gasteiger partial charge on any atom is -0.299 e. The summed E-state index contributed by atoms with van der Waals surface area (Å²) in [6.07, 6.45) is 3.79. The van der Waals surface area contributed by atoms with E-state index in [2.05, 4.69) is 30.6 Å². The Hall–Kier alpha value is -1.17. The molecule has 0 fully saturated rings. The van der Waals surface area contributed by atoms with Crippen molar-refractivity contribution in [3.63, 3.8) is 0 Å². The van der Waals surface area contributed by atoms with Gasteiger partial charge in [-0.15, -0.1) is 11.3 Å². The van der Waals surface area contributed by atoms with Crippen molar-refractivity contribution in [2.45, 2.75) is 56.0 Å². The van der Waals surface area contributed by atoms with Crippen molar-refractivity contribution in [1.29, 1.82) is 0 Å². The van der Waals surface area contributed by atoms with Gasteiger partial charge in [-0.1, -0.05) is 51.0 Å². The number of benzene rings is 1. The number of hydrogen-bond acceptors (Lipinski definition) is 4. The Morgan fingerprint density at radius 2 is 2.00 bits per heavy atom. The molecule has 0 bridgehead atoms. The molecule has 0 spiro atoms. The molecule has 1 aliphatic heterocycles. The Labute approximate surface area is 149 Å². The van der Waals surface area contributed by atoms with Crippen molar-refractivity contribution >= 4 is 21.2 Å². The summed E-state index contributed by atoms with van der Waals surface area (Å²) in [5.74, 6) is 0.176. The first kappa shape index (κ1) is 17.6. The Morgan fingerprint density at radius 3 is 2.67 bits per heavy atom. The van der Waals surface area contributed by atoms with Crippen molar-refractivity contribution in [2.75, 3.05) is 5.75 Å². The molecule has 2 heterocycles. The number of sulfone groups is 1. The Balaban J connectivity index is 2.15. The predicted octanol–water partition coefficient (Wildman–Crippen LogP) is 4.55. The first-order chi connectivity index (χ1) is 11.5. The maximum atomic E-state index is 13.1. The zero-order valence-corrected chi connectivity index (χ0v) is 15.9. The van der Waals surface area contributed by atoms with Gasteiger partial charge in [0, 0.05) is 10.4 Å². The van der Waals surface area contributed by atoms with E-state index >= 15 is 0 Å². The molecule has 0 radical (unpaired) electrons. The molecule has 1 aliphatic rings. The largest absolute Gasteiger partial charge is 0.299 e. The molecule has 130 valence electrons. The molecule has 5 heteroatoms. The van der Waals surface area contributed by atoms with Crippen LogP contribution in [0.4, 0.5) is 0 Å². The minimum atomic E-state index is -3.31. The highest BCUT2D eigenvalue weighted by Crippen LogP contribution is 2.39. The summed E-state index contributed by atoms with van der Waals surface area (Å²) in [5, 5.41) is 5.81. The molecular formula is C19H25NO2S2. The van der Waals surface area contributed by atoms with Gasteiger partial charge in [0.15, 0.2) is 9.84 Å². The van der Waals surface area contributed by atoms with E-state index in [1.165, 1.54) is 4.88 Å². The van der Waals surface area contributed by atoms with E-state index in [9.17, 15) is 8.42 Å². The van der Waals surface area contributed by atoms with E-state index < -0.39 is 9.84 Å². The van der Waals surface area contributed by atoms with Crippen LogP contribution in [0.3, 0.4) is 0 Å². The summed E-state index contributed by atoms with van der Waals surface area (Å²) < 4.78 is 26.2. The van der Waals surface area contributed by atoms with Gasteiger partial charge in [0.2, 0.25) is 0 Å². The molecule has 1 N–H and O–H groups in total. The SMILES string of the molecule is CCCC[C@]1(CC)CS(=O)(=O)c2ccccc2[C@H](c2cccs2)N1. The summed E-state index contributed by atoms with van der Waals surface area (Å²) in [4.78, 5) is 1.66. The van der Waals surface area contributed by atoms with Crippen LogP contribution < -0.4 is 5.32 Å². The molecule has 24 heavy (non-hydrogen) atoms. The molecule has 3 nitrogen and oxygen atoms in total. The second-order valence-corrected chi connectivity index (χ2v) is 9.56. The van der Waals surface area contributed by atoms with Crippen LogP contribution in [0, 0.1) is 0 Å². The topological polar surface area (TPSA) is 46.2 Å². The van der Waals surface area contributed by atoms with Gasteiger partial charge in [-0.25, -0.2) is 8.42 Å². The van der Waals surface area contributed by atoms with Gasteiger partial charge in [-0.05, 0) is 35.9 Å². The summed E-state index contributed by atoms with van der Waals surface area (Å²) in [6.45, 7) is 4.25. The van der Waals surface area contributed by atoms with Gasteiger partial charge >= 0.3 is 0 Å². The van der Waals surface area contributed by atoms with Gasteiger partial charge in [0.25, 0.3) is 0 Å². The Kier molecular flexibility index (Phi) is 5.13. The molecule has 1 aromatic carbocycles. The van der Waals surface area contributed by atoms with Gasteiger partial charge in [0.1, 0.15) is 0 Å². The highest BCUT2D eigenvalue weighted by atomic mass is 32.2. The molecule has 0 saturated heterocycles. The fraction of sp³-hybridized carbons (Fsp3) is 0.474. The summed E-state index contributed by atoms with van der Waals surface area (Å²) in [7, 11) is -3.31. The number of hydrogen-bond donors (Lipinski definition) is 1. The molecule has 2 aromatic rings. The van der Waals surface area contributed by atoms with Crippen LogP contribution in [-0.4, -0.2) is 19.7 Å². The third-order valence-corrected chi connectivity index (χ3v) is 7.91. The number of rotatable bonds is 5. The van der Waals surface area contributed by atoms with Crippen LogP contribution in [0.15, 0.2) is 46.7 Å². The van der Waals surface area contributed by atoms with E-state index in [0.717, 1.165) is 31.2 Å². The van der Waals surface area contributed by atoms with E-state index in [1.54, 1.807) is 17.4 Å². The first-order valence-electron chi connectivity index (χ1n) is 8.64. The Morgan fingerprint density at radius 1 is 1.21 bits per heavy atom. The van der Waals surface area contributed by atoms with Crippen LogP contribution in [0.25, 0.3) is 0 Å². The average Bonchev–Trinajstić information content (AvgIpc) is 3.08. The molecule has 1 aromatic heterocycles. The van der Waals surface area contributed by atoms with Crippen LogP contribution >= 0.6 is 11.3 Å². The second-order valence-electron chi connectivity index (χ2n) is 6.63. The van der Waals surface area contributed by atoms with Crippen molar-refractivity contribution in [1.82, 2.24) is 5.32 Å². The van der Waals surface area contributed by atoms with Crippen LogP contribution in [0.1, 0.15) is 56.0 Å². The van der Waals surface area contributed by atoms with Gasteiger partial charge < -0.3 is 0 Å². The van der Waals surface area contributed by atoms with E-state index in [1.807, 2.05) is 24.3 Å². The highest BCUT2D eigenvalue weighted by molar-refractivity contribution is 7.91. The summed E-state index contributed by atoms with van der Waals surface area (Å²) in [5.41, 5.74) is 0.509. The van der Waals surface area contributed by atoms with E-state index in [-0.39, 0.29) is 17.3 Å². The molecule has 0 aliphatic carbocycles. The fourth-order valence-corrected chi connectivity index (χ4v) is 6.53. The molecule has 3 rings (SSSR count). The fourth-order valence-electron chi connectivity index (χ4n) is 3.59. The Bertz CT molecular complexity index is 783. The number of nitrogens with one attached hydrogen (secondary N) is 1. The van der Waals surface area contributed by atoms with Crippen LogP contribution in [-0.2, 0) is 9.84 Å². The molecular weight excluding hydrogens is 338 g/mol. The maximum Gasteiger partial charge on any atom is 0.180 e. The normalized spacial score (nSPS) is 25.8. The van der Waals surface area contributed by atoms with Crippen LogP contribution in [0.2, 0.25) is 0 Å². The lowest BCUT2D eigenvalue weighted by Gasteiger charge is -2.35. The third kappa shape index (κ3) is 3.30. The zero-order valence-electron chi connectivity index (χ0n) is 14.3. The average molecular weight is 364 g/mol. The first-order valence-corrected chi connectivity index (χ1v) is 11.2. The van der Waals surface area contributed by atoms with E-state index in [4.69, 9.17) is 0 Å². The number of fused-ring (bicyclic) bond motifs is 1. The predicted molar refractivity (Wildman–Crippen MR) is 100 cm³/mol. The van der Waals surface area contributed by atoms with Crippen molar-refractivity contribution in [2.24, 2.45) is 0 Å². The summed E-state index contributed by atoms with van der Waals surface area (Å²) >= 11 is 1.68. The van der Waals surface area contributed by atoms with Crippen molar-refractivity contribution in [3.8, 4) is 0 Å². The summed E-state index contributed by atoms with van der Waals surface area (Å²) in [6, 6.07) is 11.5. The highest BCUT2D eigenvalue weighted by Gasteiger charge is 2.41. The standard InChI is InChI=1S/C19H25NO2S2/c1-3-5-12-19(4-2)14-24(21,22)17-11-7-6-9-15(17)18(20-19)16-10-8-13-23-16/h6-11,13,18,20H,3-5,12,14H2,1-2H3/t18-,19-/m1/s1. The number of thiophene rings is 1. The lowest BCUT2D eigenvalue weighted by molar-refractivity contribution is 0.296. The second kappa shape index (κ2) is 6.98. The smallest absolute Gasteiger partial charge is 0.180 e. The molecule has 2 atom stereocenters. The molecule has 0 saturated carbocycles. The molecule has 0 unspecified atom stereocenters. The van der Waals surface area contributed by atoms with Crippen molar-refractivity contribution < 1.29 is 8.42 Å². The minimum absolute atomic E-state index is 0.0599. The lowest BCUT2D eigenvalue weighted by atomic mass is 9.89.